The van der Waals surface area contributed by atoms with Gasteiger partial charge >= 0.3 is 0 Å². The maximum atomic E-state index is 13.0. The number of carbonyl (C=O) groups excluding carboxylic acids is 2. The summed E-state index contributed by atoms with van der Waals surface area (Å²) in [4.78, 5) is 49.1. The van der Waals surface area contributed by atoms with E-state index in [-0.39, 0.29) is 5.91 Å². The Bertz CT molecular complexity index is 862. The molecule has 0 N–H and O–H groups in total. The molecule has 10 nitrogen and oxygen atoms in total. The Morgan fingerprint density at radius 1 is 0.931 bits per heavy atom. The second-order valence-corrected chi connectivity index (χ2v) is 7.12. The normalized spacial score (nSPS) is 17.4. The number of nitrogens with zero attached hydrogens (tertiary/aromatic N) is 8. The Morgan fingerprint density at radius 2 is 1.59 bits per heavy atom. The highest BCUT2D eigenvalue weighted by Gasteiger charge is 2.26. The summed E-state index contributed by atoms with van der Waals surface area (Å²) >= 11 is 0. The van der Waals surface area contributed by atoms with Crippen molar-refractivity contribution >= 4 is 24.1 Å². The zero-order chi connectivity index (χ0) is 20.2. The molecule has 4 rings (SSSR count). The fourth-order valence-corrected chi connectivity index (χ4v) is 3.61. The molecule has 152 valence electrons. The fraction of sp³-hybridized carbons (Fsp3) is 0.474. The van der Waals surface area contributed by atoms with Gasteiger partial charge in [-0.25, -0.2) is 19.9 Å². The molecule has 2 aliphatic rings. The third kappa shape index (κ3) is 4.25. The van der Waals surface area contributed by atoms with Crippen LogP contribution in [0.5, 0.6) is 0 Å². The van der Waals surface area contributed by atoms with Gasteiger partial charge in [0.15, 0.2) is 0 Å². The number of hydrogen-bond donors (Lipinski definition) is 0. The molecule has 0 aromatic carbocycles. The van der Waals surface area contributed by atoms with Crippen LogP contribution in [0.3, 0.4) is 0 Å². The van der Waals surface area contributed by atoms with Crippen molar-refractivity contribution in [3.63, 3.8) is 0 Å². The molecule has 2 fully saturated rings. The predicted octanol–water partition coefficient (Wildman–Crippen LogP) is -0.184. The molecule has 29 heavy (non-hydrogen) atoms. The second kappa shape index (κ2) is 8.38. The molecule has 2 aromatic rings. The fourth-order valence-electron chi connectivity index (χ4n) is 3.61. The topological polar surface area (TPSA) is 98.7 Å². The van der Waals surface area contributed by atoms with E-state index in [2.05, 4.69) is 29.7 Å². The van der Waals surface area contributed by atoms with Crippen molar-refractivity contribution < 1.29 is 9.59 Å². The van der Waals surface area contributed by atoms with Crippen LogP contribution in [0.25, 0.3) is 0 Å². The number of rotatable bonds is 4. The lowest BCUT2D eigenvalue weighted by molar-refractivity contribution is -0.118. The minimum absolute atomic E-state index is 0.0862. The molecule has 2 saturated heterocycles. The van der Waals surface area contributed by atoms with E-state index in [1.165, 1.54) is 0 Å². The Morgan fingerprint density at radius 3 is 2.24 bits per heavy atom. The summed E-state index contributed by atoms with van der Waals surface area (Å²) in [6.07, 6.45) is 4.32. The molecule has 2 aromatic heterocycles. The zero-order valence-corrected chi connectivity index (χ0v) is 16.4. The third-order valence-corrected chi connectivity index (χ3v) is 5.23. The van der Waals surface area contributed by atoms with E-state index in [4.69, 9.17) is 0 Å². The van der Waals surface area contributed by atoms with E-state index in [0.29, 0.717) is 69.8 Å². The monoisotopic (exact) mass is 396 g/mol. The predicted molar refractivity (Wildman–Crippen MR) is 107 cm³/mol. The Labute approximate surface area is 169 Å². The number of hydrogen-bond acceptors (Lipinski definition) is 8. The van der Waals surface area contributed by atoms with E-state index in [0.717, 1.165) is 12.2 Å². The molecule has 2 aliphatic heterocycles. The second-order valence-electron chi connectivity index (χ2n) is 7.12. The van der Waals surface area contributed by atoms with E-state index in [9.17, 15) is 9.59 Å². The Hall–Kier alpha value is -3.30. The summed E-state index contributed by atoms with van der Waals surface area (Å²) in [6.45, 7) is 7.03. The van der Waals surface area contributed by atoms with Crippen LogP contribution in [0.2, 0.25) is 0 Å². The summed E-state index contributed by atoms with van der Waals surface area (Å²) in [5.74, 6) is 1.91. The summed E-state index contributed by atoms with van der Waals surface area (Å²) in [5.41, 5.74) is 0.412. The van der Waals surface area contributed by atoms with Gasteiger partial charge in [-0.15, -0.1) is 0 Å². The summed E-state index contributed by atoms with van der Waals surface area (Å²) in [5, 5.41) is 0. The van der Waals surface area contributed by atoms with Crippen LogP contribution in [-0.2, 0) is 4.79 Å². The van der Waals surface area contributed by atoms with Gasteiger partial charge in [0, 0.05) is 70.8 Å². The average Bonchev–Trinajstić information content (AvgIpc) is 2.79. The molecule has 0 unspecified atom stereocenters. The first-order chi connectivity index (χ1) is 14.1. The highest BCUT2D eigenvalue weighted by Crippen LogP contribution is 2.17. The average molecular weight is 396 g/mol. The van der Waals surface area contributed by atoms with Crippen LogP contribution in [0.15, 0.2) is 24.5 Å². The SMILES string of the molecule is Cc1nc(C(=O)N2CCN(c3ncccn3)CC2)cc(N2CCN(C=O)CC2)n1. The van der Waals surface area contributed by atoms with E-state index in [1.54, 1.807) is 36.4 Å². The van der Waals surface area contributed by atoms with E-state index < -0.39 is 0 Å². The van der Waals surface area contributed by atoms with Crippen molar-refractivity contribution in [2.24, 2.45) is 0 Å². The minimum Gasteiger partial charge on any atom is -0.353 e. The van der Waals surface area contributed by atoms with Gasteiger partial charge in [-0.2, -0.15) is 0 Å². The zero-order valence-electron chi connectivity index (χ0n) is 16.4. The van der Waals surface area contributed by atoms with Crippen molar-refractivity contribution in [2.45, 2.75) is 6.92 Å². The molecule has 4 heterocycles. The largest absolute Gasteiger partial charge is 0.353 e. The minimum atomic E-state index is -0.0862. The first-order valence-corrected chi connectivity index (χ1v) is 9.75. The summed E-state index contributed by atoms with van der Waals surface area (Å²) < 4.78 is 0. The van der Waals surface area contributed by atoms with Crippen molar-refractivity contribution in [2.75, 3.05) is 62.2 Å². The lowest BCUT2D eigenvalue weighted by Crippen LogP contribution is -2.49. The van der Waals surface area contributed by atoms with Gasteiger partial charge in [-0.3, -0.25) is 9.59 Å². The molecule has 0 aliphatic carbocycles. The number of piperazine rings is 2. The van der Waals surface area contributed by atoms with Crippen molar-refractivity contribution in [3.8, 4) is 0 Å². The number of carbonyl (C=O) groups is 2. The van der Waals surface area contributed by atoms with E-state index >= 15 is 0 Å². The number of aryl methyl sites for hydroxylation is 1. The van der Waals surface area contributed by atoms with Gasteiger partial charge in [0.25, 0.3) is 5.91 Å². The van der Waals surface area contributed by atoms with Gasteiger partial charge in [0.2, 0.25) is 12.4 Å². The first-order valence-electron chi connectivity index (χ1n) is 9.75. The molecule has 10 heteroatoms. The smallest absolute Gasteiger partial charge is 0.272 e. The highest BCUT2D eigenvalue weighted by atomic mass is 16.2. The molecular formula is C19H24N8O2. The molecular weight excluding hydrogens is 372 g/mol. The van der Waals surface area contributed by atoms with Crippen LogP contribution >= 0.6 is 0 Å². The maximum absolute atomic E-state index is 13.0. The highest BCUT2D eigenvalue weighted by molar-refractivity contribution is 5.93. The first kappa shape index (κ1) is 19.0. The quantitative estimate of drug-likeness (QED) is 0.656. The third-order valence-electron chi connectivity index (χ3n) is 5.23. The van der Waals surface area contributed by atoms with Gasteiger partial charge in [0.1, 0.15) is 17.3 Å². The van der Waals surface area contributed by atoms with E-state index in [1.807, 2.05) is 4.90 Å². The molecule has 0 bridgehead atoms. The Kier molecular flexibility index (Phi) is 5.50. The summed E-state index contributed by atoms with van der Waals surface area (Å²) in [6, 6.07) is 3.55. The number of anilines is 2. The molecule has 0 spiro atoms. The van der Waals surface area contributed by atoms with Gasteiger partial charge in [-0.1, -0.05) is 0 Å². The van der Waals surface area contributed by atoms with Crippen LogP contribution < -0.4 is 9.80 Å². The number of aromatic nitrogens is 4. The molecule has 2 amide bonds. The lowest BCUT2D eigenvalue weighted by Gasteiger charge is -2.35. The standard InChI is InChI=1S/C19H24N8O2/c1-15-22-16(13-17(23-15)25-7-5-24(14-28)6-8-25)18(29)26-9-11-27(12-10-26)19-20-3-2-4-21-19/h2-4,13-14H,5-12H2,1H3. The van der Waals surface area contributed by atoms with Crippen molar-refractivity contribution in [3.05, 3.63) is 36.0 Å². The molecule has 0 atom stereocenters. The maximum Gasteiger partial charge on any atom is 0.272 e. The van der Waals surface area contributed by atoms with Crippen molar-refractivity contribution in [1.82, 2.24) is 29.7 Å². The molecule has 0 radical (unpaired) electrons. The van der Waals surface area contributed by atoms with Gasteiger partial charge < -0.3 is 19.6 Å². The molecule has 0 saturated carbocycles. The van der Waals surface area contributed by atoms with Crippen molar-refractivity contribution in [1.29, 1.82) is 0 Å². The van der Waals surface area contributed by atoms with Crippen LogP contribution in [-0.4, -0.2) is 94.4 Å². The summed E-state index contributed by atoms with van der Waals surface area (Å²) in [7, 11) is 0. The van der Waals surface area contributed by atoms with Crippen LogP contribution in [0, 0.1) is 6.92 Å². The van der Waals surface area contributed by atoms with Crippen LogP contribution in [0.4, 0.5) is 11.8 Å². The van der Waals surface area contributed by atoms with Crippen LogP contribution in [0.1, 0.15) is 16.3 Å². The number of amides is 2. The Balaban J connectivity index is 1.43. The lowest BCUT2D eigenvalue weighted by atomic mass is 10.2. The van der Waals surface area contributed by atoms with Gasteiger partial charge in [-0.05, 0) is 13.0 Å². The van der Waals surface area contributed by atoms with Gasteiger partial charge in [0.05, 0.1) is 0 Å².